The predicted octanol–water partition coefficient (Wildman–Crippen LogP) is 5.43. The van der Waals surface area contributed by atoms with Crippen molar-refractivity contribution >= 4 is 22.7 Å². The average molecular weight is 417 g/mol. The van der Waals surface area contributed by atoms with Crippen molar-refractivity contribution in [1.82, 2.24) is 9.55 Å². The summed E-state index contributed by atoms with van der Waals surface area (Å²) in [5.74, 6) is 0.670. The first-order valence-corrected chi connectivity index (χ1v) is 11.1. The number of hydrogen-bond acceptors (Lipinski definition) is 5. The number of thioether (sulfide) groups is 1. The van der Waals surface area contributed by atoms with E-state index in [0.717, 1.165) is 12.1 Å². The van der Waals surface area contributed by atoms with Crippen molar-refractivity contribution in [3.05, 3.63) is 64.4 Å². The number of rotatable bonds is 8. The van der Waals surface area contributed by atoms with E-state index in [9.17, 15) is 10.1 Å². The molecule has 1 heterocycles. The molecule has 0 unspecified atom stereocenters. The Morgan fingerprint density at radius 2 is 1.87 bits per heavy atom. The average Bonchev–Trinajstić information content (AvgIpc) is 2.79. The highest BCUT2D eigenvalue weighted by Crippen LogP contribution is 2.26. The lowest BCUT2D eigenvalue weighted by Gasteiger charge is -2.15. The first-order chi connectivity index (χ1) is 14.6. The molecule has 0 aliphatic rings. The third kappa shape index (κ3) is 4.72. The van der Waals surface area contributed by atoms with Crippen LogP contribution in [0.25, 0.3) is 16.6 Å². The molecule has 152 valence electrons. The summed E-state index contributed by atoms with van der Waals surface area (Å²) in [4.78, 5) is 18.0. The molecule has 1 aromatic heterocycles. The molecule has 0 fully saturated rings. The van der Waals surface area contributed by atoms with Crippen LogP contribution in [0.4, 0.5) is 0 Å². The monoisotopic (exact) mass is 416 g/mol. The summed E-state index contributed by atoms with van der Waals surface area (Å²) in [5, 5.41) is 19.3. The van der Waals surface area contributed by atoms with Crippen LogP contribution in [0.1, 0.15) is 44.6 Å². The first-order valence-electron chi connectivity index (χ1n) is 10.1. The molecule has 0 aliphatic heterocycles. The van der Waals surface area contributed by atoms with Crippen LogP contribution in [0, 0.1) is 28.6 Å². The maximum atomic E-state index is 13.3. The van der Waals surface area contributed by atoms with Crippen molar-refractivity contribution in [1.29, 1.82) is 10.5 Å². The largest absolute Gasteiger partial charge is 0.268 e. The zero-order chi connectivity index (χ0) is 21.5. The van der Waals surface area contributed by atoms with Crippen LogP contribution >= 0.6 is 11.8 Å². The van der Waals surface area contributed by atoms with E-state index in [0.29, 0.717) is 40.6 Å². The van der Waals surface area contributed by atoms with Gasteiger partial charge < -0.3 is 0 Å². The highest BCUT2D eigenvalue weighted by molar-refractivity contribution is 7.99. The van der Waals surface area contributed by atoms with Crippen LogP contribution in [0.15, 0.2) is 58.5 Å². The molecule has 30 heavy (non-hydrogen) atoms. The van der Waals surface area contributed by atoms with Gasteiger partial charge in [0.15, 0.2) is 5.16 Å². The number of nitrogens with zero attached hydrogens (tertiary/aromatic N) is 4. The van der Waals surface area contributed by atoms with Gasteiger partial charge in [0.25, 0.3) is 5.56 Å². The standard InChI is InChI=1S/C24H24N4OS/c1-3-17(2)19-10-12-20(13-11-19)28-23(29)21-8-4-5-9-22(21)27-24(28)30-16-18(15-26)7-6-14-25/h4-5,8-13,17-18H,3,6-7,16H2,1-2H3/t17-,18-/m0/s1. The van der Waals surface area contributed by atoms with E-state index in [-0.39, 0.29) is 11.5 Å². The maximum absolute atomic E-state index is 13.3. The Balaban J connectivity index is 2.04. The Morgan fingerprint density at radius 1 is 1.13 bits per heavy atom. The summed E-state index contributed by atoms with van der Waals surface area (Å²) in [6.45, 7) is 4.34. The van der Waals surface area contributed by atoms with Crippen molar-refractivity contribution in [3.63, 3.8) is 0 Å². The number of nitriles is 2. The topological polar surface area (TPSA) is 82.5 Å². The molecule has 2 atom stereocenters. The van der Waals surface area contributed by atoms with E-state index in [4.69, 9.17) is 10.2 Å². The lowest BCUT2D eigenvalue weighted by molar-refractivity contribution is 0.682. The van der Waals surface area contributed by atoms with E-state index in [2.05, 4.69) is 38.1 Å². The molecule has 0 saturated carbocycles. The molecule has 0 bridgehead atoms. The van der Waals surface area contributed by atoms with Gasteiger partial charge >= 0.3 is 0 Å². The van der Waals surface area contributed by atoms with Crippen molar-refractivity contribution < 1.29 is 0 Å². The third-order valence-corrected chi connectivity index (χ3v) is 6.38. The lowest BCUT2D eigenvalue weighted by Crippen LogP contribution is -2.22. The van der Waals surface area contributed by atoms with Crippen molar-refractivity contribution in [2.45, 2.75) is 44.2 Å². The second kappa shape index (κ2) is 10.1. The Labute approximate surface area is 181 Å². The van der Waals surface area contributed by atoms with Gasteiger partial charge in [-0.1, -0.05) is 49.9 Å². The van der Waals surface area contributed by atoms with Crippen LogP contribution in [0.3, 0.4) is 0 Å². The van der Waals surface area contributed by atoms with Crippen LogP contribution in [0.2, 0.25) is 0 Å². The number of fused-ring (bicyclic) bond motifs is 1. The van der Waals surface area contributed by atoms with E-state index >= 15 is 0 Å². The Kier molecular flexibility index (Phi) is 7.27. The van der Waals surface area contributed by atoms with E-state index < -0.39 is 0 Å². The molecule has 0 saturated heterocycles. The predicted molar refractivity (Wildman–Crippen MR) is 121 cm³/mol. The highest BCUT2D eigenvalue weighted by atomic mass is 32.2. The fourth-order valence-corrected chi connectivity index (χ4v) is 4.30. The summed E-state index contributed by atoms with van der Waals surface area (Å²) in [6, 6.07) is 19.7. The van der Waals surface area contributed by atoms with Crippen LogP contribution in [0.5, 0.6) is 0 Å². The van der Waals surface area contributed by atoms with Crippen LogP contribution in [-0.4, -0.2) is 15.3 Å². The smallest absolute Gasteiger partial charge is 0.266 e. The van der Waals surface area contributed by atoms with Gasteiger partial charge in [0.1, 0.15) is 0 Å². The third-order valence-electron chi connectivity index (χ3n) is 5.28. The quantitative estimate of drug-likeness (QED) is 0.361. The van der Waals surface area contributed by atoms with Crippen LogP contribution in [-0.2, 0) is 0 Å². The maximum Gasteiger partial charge on any atom is 0.266 e. The van der Waals surface area contributed by atoms with Crippen molar-refractivity contribution in [2.75, 3.05) is 5.75 Å². The van der Waals surface area contributed by atoms with E-state index in [1.165, 1.54) is 17.3 Å². The summed E-state index contributed by atoms with van der Waals surface area (Å²) in [7, 11) is 0. The fourth-order valence-electron chi connectivity index (χ4n) is 3.22. The molecule has 0 amide bonds. The van der Waals surface area contributed by atoms with Gasteiger partial charge in [-0.3, -0.25) is 9.36 Å². The highest BCUT2D eigenvalue weighted by Gasteiger charge is 2.16. The zero-order valence-electron chi connectivity index (χ0n) is 17.2. The van der Waals surface area contributed by atoms with Gasteiger partial charge in [0.05, 0.1) is 34.6 Å². The van der Waals surface area contributed by atoms with Gasteiger partial charge in [-0.2, -0.15) is 10.5 Å². The van der Waals surface area contributed by atoms with Gasteiger partial charge in [0.2, 0.25) is 0 Å². The number of benzene rings is 2. The number of hydrogen-bond donors (Lipinski definition) is 0. The first kappa shape index (κ1) is 21.6. The molecular weight excluding hydrogens is 392 g/mol. The van der Waals surface area contributed by atoms with Crippen molar-refractivity contribution in [3.8, 4) is 17.8 Å². The molecule has 6 heteroatoms. The summed E-state index contributed by atoms with van der Waals surface area (Å²) in [5.41, 5.74) is 2.52. The fraction of sp³-hybridized carbons (Fsp3) is 0.333. The second-order valence-electron chi connectivity index (χ2n) is 7.29. The molecule has 3 aromatic rings. The minimum Gasteiger partial charge on any atom is -0.268 e. The summed E-state index contributed by atoms with van der Waals surface area (Å²) >= 11 is 1.39. The molecule has 0 N–H and O–H groups in total. The van der Waals surface area contributed by atoms with Gasteiger partial charge in [-0.05, 0) is 48.6 Å². The lowest BCUT2D eigenvalue weighted by atomic mass is 9.98. The number of aromatic nitrogens is 2. The molecular formula is C24H24N4OS. The molecule has 0 spiro atoms. The van der Waals surface area contributed by atoms with Gasteiger partial charge in [-0.15, -0.1) is 0 Å². The van der Waals surface area contributed by atoms with Gasteiger partial charge in [0, 0.05) is 12.2 Å². The minimum atomic E-state index is -0.265. The molecule has 3 rings (SSSR count). The van der Waals surface area contributed by atoms with Crippen LogP contribution < -0.4 is 5.56 Å². The van der Waals surface area contributed by atoms with E-state index in [1.807, 2.05) is 30.3 Å². The number of para-hydroxylation sites is 1. The summed E-state index contributed by atoms with van der Waals surface area (Å²) < 4.78 is 1.63. The second-order valence-corrected chi connectivity index (χ2v) is 8.27. The molecule has 0 radical (unpaired) electrons. The Bertz CT molecular complexity index is 1160. The van der Waals surface area contributed by atoms with Crippen molar-refractivity contribution in [2.24, 2.45) is 5.92 Å². The Morgan fingerprint density at radius 3 is 2.53 bits per heavy atom. The molecule has 2 aromatic carbocycles. The normalized spacial score (nSPS) is 12.8. The zero-order valence-corrected chi connectivity index (χ0v) is 18.0. The summed E-state index contributed by atoms with van der Waals surface area (Å²) in [6.07, 6.45) is 1.91. The van der Waals surface area contributed by atoms with E-state index in [1.54, 1.807) is 10.6 Å². The Hall–Kier alpha value is -3.09. The minimum absolute atomic E-state index is 0.120. The SMILES string of the molecule is CC[C@H](C)c1ccc(-n2c(SC[C@H](C#N)CCC#N)nc3ccccc3c2=O)cc1. The molecule has 0 aliphatic carbocycles. The van der Waals surface area contributed by atoms with Gasteiger partial charge in [-0.25, -0.2) is 4.98 Å². The molecule has 5 nitrogen and oxygen atoms in total.